The lowest BCUT2D eigenvalue weighted by Gasteiger charge is -2.34. The molecule has 9 heteroatoms. The minimum absolute atomic E-state index is 0.376. The van der Waals surface area contributed by atoms with Crippen molar-refractivity contribution in [1.82, 2.24) is 0 Å². The second-order valence-corrected chi connectivity index (χ2v) is 8.36. The molecule has 1 aromatic rings. The largest absolute Gasteiger partial charge is 0.422 e. The molecule has 2 bridgehead atoms. The Morgan fingerprint density at radius 2 is 1.70 bits per heavy atom. The molecule has 1 aromatic carbocycles. The highest BCUT2D eigenvalue weighted by Gasteiger charge is 2.76. The summed E-state index contributed by atoms with van der Waals surface area (Å²) in [6.07, 6.45) is 1.68. The van der Waals surface area contributed by atoms with Crippen LogP contribution in [0.4, 0.5) is 5.69 Å². The summed E-state index contributed by atoms with van der Waals surface area (Å²) in [6.45, 7) is 5.75. The zero-order valence-corrected chi connectivity index (χ0v) is 17.6. The Bertz CT molecular complexity index is 1000. The molecule has 0 spiro atoms. The van der Waals surface area contributed by atoms with Gasteiger partial charge in [-0.1, -0.05) is 23.7 Å². The first-order valence-electron chi connectivity index (χ1n) is 9.39. The highest BCUT2D eigenvalue weighted by Crippen LogP contribution is 2.59. The SMILES string of the molecule is CC(=O)OC(OC(C)=O)[C@@]12C=C[C@@](C)(O1)[C@H]1C(=O)N(c3cc(Cl)ccc3C)C(=O)[C@@H]12. The van der Waals surface area contributed by atoms with E-state index in [0.29, 0.717) is 16.3 Å². The minimum Gasteiger partial charge on any atom is -0.422 e. The fourth-order valence-corrected chi connectivity index (χ4v) is 4.79. The third kappa shape index (κ3) is 2.78. The number of aryl methyl sites for hydroxylation is 1. The number of esters is 2. The van der Waals surface area contributed by atoms with Crippen molar-refractivity contribution in [2.24, 2.45) is 11.8 Å². The average Bonchev–Trinajstić information content (AvgIpc) is 3.22. The first kappa shape index (κ1) is 20.6. The van der Waals surface area contributed by atoms with Crippen LogP contribution in [0.2, 0.25) is 5.02 Å². The number of rotatable bonds is 4. The van der Waals surface area contributed by atoms with Gasteiger partial charge in [-0.2, -0.15) is 0 Å². The van der Waals surface area contributed by atoms with E-state index in [1.807, 2.05) is 0 Å². The summed E-state index contributed by atoms with van der Waals surface area (Å²) < 4.78 is 16.5. The molecule has 0 saturated carbocycles. The maximum absolute atomic E-state index is 13.5. The average molecular weight is 434 g/mol. The van der Waals surface area contributed by atoms with E-state index in [-0.39, 0.29) is 0 Å². The zero-order chi connectivity index (χ0) is 22.0. The number of halogens is 1. The second-order valence-electron chi connectivity index (χ2n) is 7.92. The van der Waals surface area contributed by atoms with Crippen LogP contribution in [0.1, 0.15) is 26.3 Å². The predicted octanol–water partition coefficient (Wildman–Crippen LogP) is 2.30. The van der Waals surface area contributed by atoms with Crippen molar-refractivity contribution in [3.8, 4) is 0 Å². The number of carbonyl (C=O) groups excluding carboxylic acids is 4. The van der Waals surface area contributed by atoms with Crippen molar-refractivity contribution in [3.05, 3.63) is 40.9 Å². The summed E-state index contributed by atoms with van der Waals surface area (Å²) in [5.41, 5.74) is -1.67. The molecule has 0 unspecified atom stereocenters. The van der Waals surface area contributed by atoms with E-state index in [1.165, 1.54) is 0 Å². The van der Waals surface area contributed by atoms with Gasteiger partial charge in [0.15, 0.2) is 5.60 Å². The standard InChI is InChI=1S/C21H20ClNO7/c1-10-5-6-13(22)9-14(10)23-17(26)15-16(18(23)27)21(8-7-20(15,4)30-21)19(28-11(2)24)29-12(3)25/h5-9,15-16,19H,1-4H3/t15-,16-,20-,21+/m1/s1. The number of imide groups is 1. The molecular weight excluding hydrogens is 414 g/mol. The predicted molar refractivity (Wildman–Crippen MR) is 104 cm³/mol. The van der Waals surface area contributed by atoms with Crippen LogP contribution < -0.4 is 4.90 Å². The smallest absolute Gasteiger partial charge is 0.305 e. The first-order valence-corrected chi connectivity index (χ1v) is 9.77. The fourth-order valence-electron chi connectivity index (χ4n) is 4.62. The van der Waals surface area contributed by atoms with Crippen molar-refractivity contribution in [3.63, 3.8) is 0 Å². The van der Waals surface area contributed by atoms with Crippen molar-refractivity contribution < 1.29 is 33.4 Å². The summed E-state index contributed by atoms with van der Waals surface area (Å²) in [7, 11) is 0. The summed E-state index contributed by atoms with van der Waals surface area (Å²) in [5.74, 6) is -4.33. The van der Waals surface area contributed by atoms with Crippen LogP contribution >= 0.6 is 11.6 Å². The van der Waals surface area contributed by atoms with E-state index in [2.05, 4.69) is 0 Å². The van der Waals surface area contributed by atoms with Gasteiger partial charge in [-0.05, 0) is 37.6 Å². The van der Waals surface area contributed by atoms with Gasteiger partial charge >= 0.3 is 11.9 Å². The van der Waals surface area contributed by atoms with E-state index in [0.717, 1.165) is 18.7 Å². The van der Waals surface area contributed by atoms with Crippen LogP contribution in [0.15, 0.2) is 30.4 Å². The zero-order valence-electron chi connectivity index (χ0n) is 16.8. The Morgan fingerprint density at radius 1 is 1.10 bits per heavy atom. The van der Waals surface area contributed by atoms with Gasteiger partial charge in [0.25, 0.3) is 6.29 Å². The Hall–Kier alpha value is -2.71. The number of nitrogens with zero attached hydrogens (tertiary/aromatic N) is 1. The first-order chi connectivity index (χ1) is 14.0. The lowest BCUT2D eigenvalue weighted by Crippen LogP contribution is -2.52. The molecule has 3 aliphatic heterocycles. The second kappa shape index (κ2) is 6.65. The van der Waals surface area contributed by atoms with Crippen molar-refractivity contribution >= 4 is 41.0 Å². The van der Waals surface area contributed by atoms with Crippen LogP contribution in [0, 0.1) is 18.8 Å². The molecule has 4 atom stereocenters. The van der Waals surface area contributed by atoms with Crippen LogP contribution in [0.25, 0.3) is 0 Å². The summed E-state index contributed by atoms with van der Waals surface area (Å²) >= 11 is 6.10. The van der Waals surface area contributed by atoms with Crippen molar-refractivity contribution in [1.29, 1.82) is 0 Å². The van der Waals surface area contributed by atoms with E-state index in [4.69, 9.17) is 25.8 Å². The number of anilines is 1. The topological polar surface area (TPSA) is 99.2 Å². The molecule has 30 heavy (non-hydrogen) atoms. The van der Waals surface area contributed by atoms with E-state index in [1.54, 1.807) is 44.2 Å². The molecule has 4 rings (SSSR count). The highest BCUT2D eigenvalue weighted by molar-refractivity contribution is 6.31. The number of ether oxygens (including phenoxy) is 3. The Kier molecular flexibility index (Phi) is 4.56. The molecule has 3 aliphatic rings. The normalized spacial score (nSPS) is 31.5. The molecule has 0 aromatic heterocycles. The lowest BCUT2D eigenvalue weighted by molar-refractivity contribution is -0.231. The molecule has 2 saturated heterocycles. The number of hydrogen-bond acceptors (Lipinski definition) is 7. The lowest BCUT2D eigenvalue weighted by atomic mass is 9.72. The molecule has 2 amide bonds. The van der Waals surface area contributed by atoms with E-state index >= 15 is 0 Å². The van der Waals surface area contributed by atoms with Gasteiger partial charge in [-0.25, -0.2) is 4.90 Å². The molecule has 0 radical (unpaired) electrons. The third-order valence-corrected chi connectivity index (χ3v) is 6.04. The maximum atomic E-state index is 13.5. The van der Waals surface area contributed by atoms with Gasteiger partial charge in [0.05, 0.1) is 23.1 Å². The minimum atomic E-state index is -1.61. The fraction of sp³-hybridized carbons (Fsp3) is 0.429. The number of fused-ring (bicyclic) bond motifs is 5. The quantitative estimate of drug-likeness (QED) is 0.311. The van der Waals surface area contributed by atoms with Gasteiger partial charge in [0, 0.05) is 18.9 Å². The molecule has 8 nitrogen and oxygen atoms in total. The molecular formula is C21H20ClNO7. The van der Waals surface area contributed by atoms with Crippen LogP contribution in [-0.2, 0) is 33.4 Å². The molecule has 3 heterocycles. The monoisotopic (exact) mass is 433 g/mol. The van der Waals surface area contributed by atoms with Gasteiger partial charge in [-0.3, -0.25) is 19.2 Å². The highest BCUT2D eigenvalue weighted by atomic mass is 35.5. The van der Waals surface area contributed by atoms with Gasteiger partial charge in [0.2, 0.25) is 11.8 Å². The maximum Gasteiger partial charge on any atom is 0.305 e. The number of carbonyl (C=O) groups is 4. The summed E-state index contributed by atoms with van der Waals surface area (Å²) in [5, 5.41) is 0.379. The Morgan fingerprint density at radius 3 is 2.30 bits per heavy atom. The number of hydrogen-bond donors (Lipinski definition) is 0. The van der Waals surface area contributed by atoms with Gasteiger partial charge in [-0.15, -0.1) is 0 Å². The molecule has 2 fully saturated rings. The third-order valence-electron chi connectivity index (χ3n) is 5.81. The molecule has 0 aliphatic carbocycles. The van der Waals surface area contributed by atoms with Crippen LogP contribution in [-0.4, -0.2) is 41.2 Å². The van der Waals surface area contributed by atoms with Crippen molar-refractivity contribution in [2.45, 2.75) is 45.2 Å². The molecule has 158 valence electrons. The Labute approximate surface area is 177 Å². The summed E-state index contributed by atoms with van der Waals surface area (Å²) in [6, 6.07) is 4.93. The summed E-state index contributed by atoms with van der Waals surface area (Å²) in [4.78, 5) is 51.4. The number of benzene rings is 1. The van der Waals surface area contributed by atoms with Crippen molar-refractivity contribution in [2.75, 3.05) is 4.90 Å². The number of amides is 2. The van der Waals surface area contributed by atoms with Gasteiger partial charge in [0.1, 0.15) is 0 Å². The van der Waals surface area contributed by atoms with E-state index in [9.17, 15) is 19.2 Å². The Balaban J connectivity index is 1.82. The van der Waals surface area contributed by atoms with Gasteiger partial charge < -0.3 is 14.2 Å². The molecule has 0 N–H and O–H groups in total. The van der Waals surface area contributed by atoms with E-state index < -0.39 is 53.1 Å². The van der Waals surface area contributed by atoms with Crippen LogP contribution in [0.5, 0.6) is 0 Å². The van der Waals surface area contributed by atoms with Crippen LogP contribution in [0.3, 0.4) is 0 Å².